The summed E-state index contributed by atoms with van der Waals surface area (Å²) in [6.45, 7) is 16.4. The average molecular weight is 738 g/mol. The van der Waals surface area contributed by atoms with E-state index in [9.17, 15) is 10.4 Å². The lowest BCUT2D eigenvalue weighted by molar-refractivity contribution is 0.101. The predicted molar refractivity (Wildman–Crippen MR) is 200 cm³/mol. The number of thiophene rings is 1. The molecule has 0 amide bonds. The Kier molecular flexibility index (Phi) is 11.2. The number of nitrogens with two attached hydrogens (primary N) is 1. The summed E-state index contributed by atoms with van der Waals surface area (Å²) < 4.78 is 50.3. The predicted octanol–water partition coefficient (Wildman–Crippen LogP) is 5.72. The lowest BCUT2D eigenvalue weighted by Crippen LogP contribution is -2.55. The number of aromatic nitrogens is 2. The molecule has 3 unspecified atom stereocenters. The summed E-state index contributed by atoms with van der Waals surface area (Å²) >= 11 is 0.931. The first-order valence-corrected chi connectivity index (χ1v) is 18.6. The van der Waals surface area contributed by atoms with Crippen LogP contribution in [-0.2, 0) is 22.7 Å². The van der Waals surface area contributed by atoms with Crippen LogP contribution in [0, 0.1) is 22.6 Å². The van der Waals surface area contributed by atoms with Crippen molar-refractivity contribution < 1.29 is 28.1 Å². The number of aliphatic hydroxyl groups is 1. The molecule has 6 rings (SSSR count). The van der Waals surface area contributed by atoms with E-state index in [4.69, 9.17) is 29.9 Å². The zero-order valence-corrected chi connectivity index (χ0v) is 31.7. The molecule has 3 aliphatic rings. The number of nitrogen functional groups attached to an aromatic ring is 1. The maximum absolute atomic E-state index is 17.5. The summed E-state index contributed by atoms with van der Waals surface area (Å²) in [5, 5.41) is 20.9. The molecule has 14 heteroatoms. The first-order valence-electron chi connectivity index (χ1n) is 17.7. The van der Waals surface area contributed by atoms with Gasteiger partial charge in [0.15, 0.2) is 5.82 Å². The number of likely N-dealkylation sites (N-methyl/N-ethyl adjacent to an activating group) is 1. The zero-order chi connectivity index (χ0) is 37.5. The minimum atomic E-state index is -0.670. The van der Waals surface area contributed by atoms with E-state index in [1.165, 1.54) is 6.08 Å². The van der Waals surface area contributed by atoms with Crippen molar-refractivity contribution in [3.8, 4) is 12.1 Å². The molecule has 3 aliphatic heterocycles. The number of anilines is 2. The van der Waals surface area contributed by atoms with Crippen molar-refractivity contribution in [3.63, 3.8) is 0 Å². The highest BCUT2D eigenvalue weighted by Crippen LogP contribution is 2.48. The van der Waals surface area contributed by atoms with Gasteiger partial charge in [0.2, 0.25) is 0 Å². The number of allylic oxidation sites excluding steroid dienone is 1. The van der Waals surface area contributed by atoms with E-state index < -0.39 is 17.7 Å². The number of likely N-dealkylation sites (tertiary alicyclic amines) is 1. The fraction of sp³-hybridized carbons (Fsp3) is 0.553. The Morgan fingerprint density at radius 2 is 1.94 bits per heavy atom. The van der Waals surface area contributed by atoms with E-state index in [-0.39, 0.29) is 81.0 Å². The minimum Gasteiger partial charge on any atom is -0.463 e. The molecule has 0 radical (unpaired) electrons. The number of benzene rings is 1. The number of ether oxygens (including phenoxy) is 3. The number of hydrogen-bond acceptors (Lipinski definition) is 12. The summed E-state index contributed by atoms with van der Waals surface area (Å²) in [4.78, 5) is 16.6. The Labute approximate surface area is 308 Å². The van der Waals surface area contributed by atoms with E-state index in [0.717, 1.165) is 49.4 Å². The van der Waals surface area contributed by atoms with E-state index >= 15 is 8.78 Å². The standard InChI is InChI=1S/C38H49F2N7O4S/c1-8-28(39)34-30(25(13-41)35(42)52-34)22(3)29-26-17-50-18-27(26)31-33(32(29)40)43-37(51-20-38(4,5)19-45(6)11-12-49-7)44-36(31)47-23-9-10-24(47)16-46(15-23)14-21(2)48/h8,21,23-24,48H,3,9-12,14-20,42H2,1-2,4-7H3/b28-8+. The molecule has 3 aromatic rings. The van der Waals surface area contributed by atoms with E-state index in [2.05, 4.69) is 41.2 Å². The van der Waals surface area contributed by atoms with Crippen molar-refractivity contribution in [2.45, 2.75) is 71.9 Å². The summed E-state index contributed by atoms with van der Waals surface area (Å²) in [6, 6.07) is 2.30. The van der Waals surface area contributed by atoms with Gasteiger partial charge in [0.25, 0.3) is 0 Å². The number of methoxy groups -OCH3 is 1. The second kappa shape index (κ2) is 15.3. The molecule has 2 fully saturated rings. The number of nitriles is 1. The Balaban J connectivity index is 1.50. The fourth-order valence-electron chi connectivity index (χ4n) is 8.05. The van der Waals surface area contributed by atoms with Crippen LogP contribution in [0.3, 0.4) is 0 Å². The third kappa shape index (κ3) is 7.27. The molecule has 0 saturated carbocycles. The number of hydrogen-bond donors (Lipinski definition) is 2. The van der Waals surface area contributed by atoms with Crippen molar-refractivity contribution >= 4 is 44.5 Å². The van der Waals surface area contributed by atoms with Crippen molar-refractivity contribution in [3.05, 3.63) is 51.2 Å². The van der Waals surface area contributed by atoms with E-state index in [1.807, 2.05) is 7.05 Å². The summed E-state index contributed by atoms with van der Waals surface area (Å²) in [5.74, 6) is -0.656. The van der Waals surface area contributed by atoms with Gasteiger partial charge in [0.1, 0.15) is 28.2 Å². The van der Waals surface area contributed by atoms with Crippen LogP contribution in [0.15, 0.2) is 12.7 Å². The molecule has 52 heavy (non-hydrogen) atoms. The summed E-state index contributed by atoms with van der Waals surface area (Å²) in [5.41, 5.74) is 7.67. The lowest BCUT2D eigenvalue weighted by Gasteiger charge is -2.42. The van der Waals surface area contributed by atoms with Crippen LogP contribution in [0.2, 0.25) is 0 Å². The maximum atomic E-state index is 17.5. The number of rotatable bonds is 14. The highest BCUT2D eigenvalue weighted by Gasteiger charge is 2.43. The number of piperazine rings is 1. The van der Waals surface area contributed by atoms with E-state index in [0.29, 0.717) is 36.5 Å². The van der Waals surface area contributed by atoms with Crippen LogP contribution < -0.4 is 15.4 Å². The van der Waals surface area contributed by atoms with Gasteiger partial charge < -0.3 is 34.9 Å². The number of halogens is 2. The van der Waals surface area contributed by atoms with Gasteiger partial charge in [0.05, 0.1) is 48.4 Å². The van der Waals surface area contributed by atoms with Crippen LogP contribution in [0.4, 0.5) is 19.6 Å². The maximum Gasteiger partial charge on any atom is 0.319 e. The van der Waals surface area contributed by atoms with E-state index in [1.54, 1.807) is 21.0 Å². The smallest absolute Gasteiger partial charge is 0.319 e. The van der Waals surface area contributed by atoms with Crippen molar-refractivity contribution in [2.24, 2.45) is 5.41 Å². The summed E-state index contributed by atoms with van der Waals surface area (Å²) in [6.07, 6.45) is 2.68. The first kappa shape index (κ1) is 38.0. The molecule has 3 atom stereocenters. The number of aliphatic hydroxyl groups excluding tert-OH is 1. The third-order valence-electron chi connectivity index (χ3n) is 10.2. The van der Waals surface area contributed by atoms with Gasteiger partial charge in [-0.25, -0.2) is 8.78 Å². The Hall–Kier alpha value is -3.71. The summed E-state index contributed by atoms with van der Waals surface area (Å²) in [7, 11) is 3.70. The van der Waals surface area contributed by atoms with Crippen LogP contribution >= 0.6 is 11.3 Å². The van der Waals surface area contributed by atoms with Gasteiger partial charge in [-0.1, -0.05) is 26.5 Å². The SMILES string of the molecule is C=C(c1c(/C(F)=C\C)sc(N)c1C#N)c1c2c(c3c(N4C5CCC4CN(CC(C)O)C5)nc(OCC(C)(C)CN(C)CCOC)nc3c1F)COC2. The number of nitrogens with zero attached hydrogens (tertiary/aromatic N) is 6. The minimum absolute atomic E-state index is 0.0471. The second-order valence-corrected chi connectivity index (χ2v) is 16.1. The monoisotopic (exact) mass is 737 g/mol. The van der Waals surface area contributed by atoms with Crippen LogP contribution in [0.5, 0.6) is 6.01 Å². The molecule has 3 N–H and O–H groups in total. The fourth-order valence-corrected chi connectivity index (χ4v) is 9.06. The third-order valence-corrected chi connectivity index (χ3v) is 11.2. The Bertz CT molecular complexity index is 1910. The average Bonchev–Trinajstić information content (AvgIpc) is 3.78. The largest absolute Gasteiger partial charge is 0.463 e. The molecule has 2 saturated heterocycles. The normalized spacial score (nSPS) is 19.8. The first-order chi connectivity index (χ1) is 24.8. The van der Waals surface area contributed by atoms with Crippen LogP contribution in [0.25, 0.3) is 22.3 Å². The number of β-amino-alcohol motifs (C(OH)–C–C–N with tert-alkyl or cyclic N) is 1. The van der Waals surface area contributed by atoms with Crippen molar-refractivity contribution in [1.29, 1.82) is 5.26 Å². The molecule has 5 heterocycles. The van der Waals surface area contributed by atoms with Gasteiger partial charge in [0, 0.05) is 68.5 Å². The van der Waals surface area contributed by atoms with Gasteiger partial charge in [-0.05, 0) is 50.4 Å². The molecular weight excluding hydrogens is 689 g/mol. The number of fused-ring (bicyclic) bond motifs is 5. The Morgan fingerprint density at radius 1 is 1.25 bits per heavy atom. The molecule has 1 aromatic carbocycles. The van der Waals surface area contributed by atoms with Crippen molar-refractivity contribution in [2.75, 3.05) is 70.7 Å². The molecule has 11 nitrogen and oxygen atoms in total. The highest BCUT2D eigenvalue weighted by molar-refractivity contribution is 7.17. The molecule has 280 valence electrons. The van der Waals surface area contributed by atoms with Crippen molar-refractivity contribution in [1.82, 2.24) is 19.8 Å². The second-order valence-electron chi connectivity index (χ2n) is 15.0. The van der Waals surface area contributed by atoms with Gasteiger partial charge in [-0.15, -0.1) is 11.3 Å². The lowest BCUT2D eigenvalue weighted by atomic mass is 9.88. The Morgan fingerprint density at radius 3 is 2.58 bits per heavy atom. The highest BCUT2D eigenvalue weighted by atomic mass is 32.1. The quantitative estimate of drug-likeness (QED) is 0.211. The molecule has 2 aromatic heterocycles. The van der Waals surface area contributed by atoms with Crippen LogP contribution in [0.1, 0.15) is 73.2 Å². The molecule has 0 spiro atoms. The van der Waals surface area contributed by atoms with Gasteiger partial charge in [-0.2, -0.15) is 15.2 Å². The molecular formula is C38H49F2N7O4S. The molecule has 0 aliphatic carbocycles. The van der Waals surface area contributed by atoms with Crippen LogP contribution in [-0.4, -0.2) is 103 Å². The molecule has 2 bridgehead atoms. The van der Waals surface area contributed by atoms with Gasteiger partial charge >= 0.3 is 6.01 Å². The zero-order valence-electron chi connectivity index (χ0n) is 30.9. The topological polar surface area (TPSA) is 133 Å². The van der Waals surface area contributed by atoms with Gasteiger partial charge in [-0.3, -0.25) is 4.90 Å².